The van der Waals surface area contributed by atoms with Crippen molar-refractivity contribution in [3.8, 4) is 5.75 Å². The minimum atomic E-state index is -0.290. The maximum absolute atomic E-state index is 12.3. The van der Waals surface area contributed by atoms with E-state index < -0.39 is 0 Å². The fraction of sp³-hybridized carbons (Fsp3) is 0.458. The third-order valence-electron chi connectivity index (χ3n) is 4.71. The third kappa shape index (κ3) is 7.03. The number of unbranched alkanes of at least 4 members (excludes halogenated alkanes) is 5. The quantitative estimate of drug-likeness (QED) is 0.254. The Balaban J connectivity index is 1.83. The molecule has 2 aromatic rings. The van der Waals surface area contributed by atoms with Gasteiger partial charge in [-0.1, -0.05) is 70.2 Å². The van der Waals surface area contributed by atoms with Gasteiger partial charge in [-0.25, -0.2) is 4.79 Å². The molecule has 0 spiro atoms. The van der Waals surface area contributed by atoms with E-state index in [1.54, 1.807) is 0 Å². The van der Waals surface area contributed by atoms with Crippen LogP contribution in [0.3, 0.4) is 0 Å². The lowest BCUT2D eigenvalue weighted by molar-refractivity contribution is 0.0734. The van der Waals surface area contributed by atoms with Crippen LogP contribution in [0.25, 0.3) is 0 Å². The minimum Gasteiger partial charge on any atom is -0.423 e. The van der Waals surface area contributed by atoms with Gasteiger partial charge in [-0.2, -0.15) is 0 Å². The van der Waals surface area contributed by atoms with Crippen LogP contribution in [0, 0.1) is 0 Å². The Hall–Kier alpha value is -2.09. The number of ether oxygens (including phenoxy) is 1. The Bertz CT molecular complexity index is 641. The van der Waals surface area contributed by atoms with E-state index in [-0.39, 0.29) is 5.97 Å². The van der Waals surface area contributed by atoms with Gasteiger partial charge in [-0.05, 0) is 61.1 Å². The minimum absolute atomic E-state index is 0.290. The molecule has 0 aliphatic heterocycles. The Morgan fingerprint density at radius 1 is 0.692 bits per heavy atom. The first kappa shape index (κ1) is 20.2. The van der Waals surface area contributed by atoms with Crippen LogP contribution in [0.1, 0.15) is 80.3 Å². The van der Waals surface area contributed by atoms with E-state index in [2.05, 4.69) is 26.0 Å². The van der Waals surface area contributed by atoms with Crippen molar-refractivity contribution in [1.29, 1.82) is 0 Å². The number of carbonyl (C=O) groups excluding carboxylic acids is 1. The topological polar surface area (TPSA) is 26.3 Å². The molecule has 2 nitrogen and oxygen atoms in total. The van der Waals surface area contributed by atoms with Crippen molar-refractivity contribution >= 4 is 5.97 Å². The number of benzene rings is 2. The van der Waals surface area contributed by atoms with E-state index in [0.717, 1.165) is 12.8 Å². The summed E-state index contributed by atoms with van der Waals surface area (Å²) in [5.74, 6) is 0.319. The zero-order chi connectivity index (χ0) is 18.6. The number of esters is 1. The molecule has 0 aromatic heterocycles. The highest BCUT2D eigenvalue weighted by molar-refractivity contribution is 5.91. The predicted octanol–water partition coefficient (Wildman–Crippen LogP) is 6.76. The van der Waals surface area contributed by atoms with E-state index in [0.29, 0.717) is 11.3 Å². The van der Waals surface area contributed by atoms with Crippen molar-refractivity contribution < 1.29 is 9.53 Å². The zero-order valence-electron chi connectivity index (χ0n) is 16.3. The maximum atomic E-state index is 12.3. The first-order chi connectivity index (χ1) is 12.7. The summed E-state index contributed by atoms with van der Waals surface area (Å²) < 4.78 is 5.50. The second-order valence-corrected chi connectivity index (χ2v) is 7.00. The Morgan fingerprint density at radius 2 is 1.19 bits per heavy atom. The van der Waals surface area contributed by atoms with E-state index in [9.17, 15) is 4.79 Å². The summed E-state index contributed by atoms with van der Waals surface area (Å²) in [6, 6.07) is 15.7. The third-order valence-corrected chi connectivity index (χ3v) is 4.71. The van der Waals surface area contributed by atoms with Crippen molar-refractivity contribution in [3.63, 3.8) is 0 Å². The molecule has 0 aliphatic rings. The summed E-state index contributed by atoms with van der Waals surface area (Å²) in [5, 5.41) is 0. The number of carbonyl (C=O) groups is 1. The fourth-order valence-corrected chi connectivity index (χ4v) is 3.03. The van der Waals surface area contributed by atoms with Crippen molar-refractivity contribution in [2.24, 2.45) is 0 Å². The first-order valence-electron chi connectivity index (χ1n) is 10.1. The Kier molecular flexibility index (Phi) is 8.95. The molecule has 0 N–H and O–H groups in total. The molecule has 0 amide bonds. The highest BCUT2D eigenvalue weighted by Crippen LogP contribution is 2.17. The van der Waals surface area contributed by atoms with Gasteiger partial charge in [-0.15, -0.1) is 0 Å². The molecule has 140 valence electrons. The van der Waals surface area contributed by atoms with Gasteiger partial charge in [0.25, 0.3) is 0 Å². The van der Waals surface area contributed by atoms with Crippen LogP contribution < -0.4 is 4.74 Å². The zero-order valence-corrected chi connectivity index (χ0v) is 16.3. The van der Waals surface area contributed by atoms with E-state index >= 15 is 0 Å². The van der Waals surface area contributed by atoms with Gasteiger partial charge in [0.15, 0.2) is 0 Å². The summed E-state index contributed by atoms with van der Waals surface area (Å²) in [5.41, 5.74) is 3.19. The predicted molar refractivity (Wildman–Crippen MR) is 109 cm³/mol. The average molecular weight is 353 g/mol. The molecule has 0 aliphatic carbocycles. The molecule has 0 unspecified atom stereocenters. The monoisotopic (exact) mass is 352 g/mol. The summed E-state index contributed by atoms with van der Waals surface area (Å²) >= 11 is 0. The molecule has 2 heteroatoms. The summed E-state index contributed by atoms with van der Waals surface area (Å²) in [7, 11) is 0. The van der Waals surface area contributed by atoms with Crippen molar-refractivity contribution in [2.45, 2.75) is 71.6 Å². The standard InChI is InChI=1S/C24H32O2/c1-3-5-7-9-11-20-12-16-22(17-13-20)24(25)26-23-18-14-21(15-19-23)10-8-6-4-2/h12-19H,3-11H2,1-2H3. The molecule has 0 bridgehead atoms. The second-order valence-electron chi connectivity index (χ2n) is 7.00. The highest BCUT2D eigenvalue weighted by Gasteiger charge is 2.08. The molecule has 0 saturated heterocycles. The number of hydrogen-bond acceptors (Lipinski definition) is 2. The largest absolute Gasteiger partial charge is 0.423 e. The second kappa shape index (κ2) is 11.5. The van der Waals surface area contributed by atoms with Gasteiger partial charge >= 0.3 is 5.97 Å². The molecule has 0 fully saturated rings. The van der Waals surface area contributed by atoms with Gasteiger partial charge in [-0.3, -0.25) is 0 Å². The summed E-state index contributed by atoms with van der Waals surface area (Å²) in [4.78, 5) is 12.3. The maximum Gasteiger partial charge on any atom is 0.343 e. The van der Waals surface area contributed by atoms with Crippen molar-refractivity contribution in [2.75, 3.05) is 0 Å². The van der Waals surface area contributed by atoms with Crippen LogP contribution >= 0.6 is 0 Å². The van der Waals surface area contributed by atoms with Crippen LogP contribution in [-0.4, -0.2) is 5.97 Å². The molecular weight excluding hydrogens is 320 g/mol. The van der Waals surface area contributed by atoms with Crippen LogP contribution in [0.15, 0.2) is 48.5 Å². The number of rotatable bonds is 11. The normalized spacial score (nSPS) is 10.7. The van der Waals surface area contributed by atoms with Crippen LogP contribution in [0.2, 0.25) is 0 Å². The number of aryl methyl sites for hydroxylation is 2. The SMILES string of the molecule is CCCCCCc1ccc(C(=O)Oc2ccc(CCCCC)cc2)cc1. The van der Waals surface area contributed by atoms with Gasteiger partial charge in [0.2, 0.25) is 0 Å². The number of hydrogen-bond donors (Lipinski definition) is 0. The lowest BCUT2D eigenvalue weighted by atomic mass is 10.0. The molecule has 0 saturated carbocycles. The summed E-state index contributed by atoms with van der Waals surface area (Å²) in [6.07, 6.45) is 10.9. The van der Waals surface area contributed by atoms with Crippen molar-refractivity contribution in [1.82, 2.24) is 0 Å². The van der Waals surface area contributed by atoms with Gasteiger partial charge in [0.05, 0.1) is 5.56 Å². The van der Waals surface area contributed by atoms with Crippen LogP contribution in [-0.2, 0) is 12.8 Å². The molecule has 0 atom stereocenters. The Labute approximate surface area is 158 Å². The van der Waals surface area contributed by atoms with Crippen LogP contribution in [0.5, 0.6) is 5.75 Å². The van der Waals surface area contributed by atoms with Crippen molar-refractivity contribution in [3.05, 3.63) is 65.2 Å². The fourth-order valence-electron chi connectivity index (χ4n) is 3.03. The molecule has 2 rings (SSSR count). The molecule has 0 radical (unpaired) electrons. The highest BCUT2D eigenvalue weighted by atomic mass is 16.5. The molecule has 0 heterocycles. The lowest BCUT2D eigenvalue weighted by Crippen LogP contribution is -2.08. The average Bonchev–Trinajstić information content (AvgIpc) is 2.67. The smallest absolute Gasteiger partial charge is 0.343 e. The van der Waals surface area contributed by atoms with Crippen LogP contribution in [0.4, 0.5) is 0 Å². The molecule has 2 aromatic carbocycles. The molecule has 26 heavy (non-hydrogen) atoms. The van der Waals surface area contributed by atoms with E-state index in [1.165, 1.54) is 56.1 Å². The van der Waals surface area contributed by atoms with E-state index in [1.807, 2.05) is 36.4 Å². The first-order valence-corrected chi connectivity index (χ1v) is 10.1. The summed E-state index contributed by atoms with van der Waals surface area (Å²) in [6.45, 7) is 4.43. The van der Waals surface area contributed by atoms with Gasteiger partial charge < -0.3 is 4.74 Å². The van der Waals surface area contributed by atoms with Gasteiger partial charge in [0, 0.05) is 0 Å². The molecular formula is C24H32O2. The lowest BCUT2D eigenvalue weighted by Gasteiger charge is -2.07. The Morgan fingerprint density at radius 3 is 1.77 bits per heavy atom. The van der Waals surface area contributed by atoms with E-state index in [4.69, 9.17) is 4.74 Å². The van der Waals surface area contributed by atoms with Gasteiger partial charge in [0.1, 0.15) is 5.75 Å².